The molecular formula is C19H18FN5O2. The van der Waals surface area contributed by atoms with Gasteiger partial charge in [-0.1, -0.05) is 0 Å². The van der Waals surface area contributed by atoms with Crippen molar-refractivity contribution in [3.63, 3.8) is 0 Å². The van der Waals surface area contributed by atoms with E-state index in [0.717, 1.165) is 17.0 Å². The van der Waals surface area contributed by atoms with E-state index >= 15 is 0 Å². The van der Waals surface area contributed by atoms with Crippen LogP contribution in [0.2, 0.25) is 0 Å². The molecule has 8 heteroatoms. The normalized spacial score (nSPS) is 10.6. The van der Waals surface area contributed by atoms with Crippen LogP contribution in [0.15, 0.2) is 24.4 Å². The molecule has 2 aromatic heterocycles. The number of carbonyl (C=O) groups is 1. The maximum absolute atomic E-state index is 13.3. The number of amides is 1. The number of fused-ring (bicyclic) bond motifs is 1. The van der Waals surface area contributed by atoms with Crippen molar-refractivity contribution in [2.45, 2.75) is 26.7 Å². The van der Waals surface area contributed by atoms with Crippen molar-refractivity contribution in [1.29, 1.82) is 5.26 Å². The molecular weight excluding hydrogens is 349 g/mol. The van der Waals surface area contributed by atoms with E-state index in [1.54, 1.807) is 4.52 Å². The van der Waals surface area contributed by atoms with Gasteiger partial charge in [0.15, 0.2) is 5.65 Å². The fraction of sp³-hybridized carbons (Fsp3) is 0.263. The predicted octanol–water partition coefficient (Wildman–Crippen LogP) is 2.94. The van der Waals surface area contributed by atoms with Gasteiger partial charge in [0, 0.05) is 23.9 Å². The van der Waals surface area contributed by atoms with Crippen LogP contribution in [0.4, 0.5) is 10.1 Å². The Bertz CT molecular complexity index is 1070. The molecule has 0 saturated heterocycles. The summed E-state index contributed by atoms with van der Waals surface area (Å²) in [7, 11) is 1.41. The lowest BCUT2D eigenvalue weighted by Gasteiger charge is -2.12. The van der Waals surface area contributed by atoms with Crippen LogP contribution < -0.4 is 10.1 Å². The first-order valence-corrected chi connectivity index (χ1v) is 8.32. The molecule has 2 heterocycles. The number of hydrogen-bond donors (Lipinski definition) is 1. The minimum atomic E-state index is -0.438. The highest BCUT2D eigenvalue weighted by molar-refractivity contribution is 5.92. The molecule has 0 radical (unpaired) electrons. The summed E-state index contributed by atoms with van der Waals surface area (Å²) >= 11 is 0. The number of hydrogen-bond acceptors (Lipinski definition) is 5. The zero-order valence-corrected chi connectivity index (χ0v) is 15.2. The van der Waals surface area contributed by atoms with Crippen molar-refractivity contribution >= 4 is 17.2 Å². The quantitative estimate of drug-likeness (QED) is 0.748. The standard InChI is InChI=1S/C19H18FN5O2/c1-11-15(12(2)25-19(23-11)13(9-21)10-22-25)5-7-18(26)24-16-6-4-14(20)8-17(16)27-3/h4,6,8,10H,5,7H2,1-3H3,(H,24,26). The number of aromatic nitrogens is 3. The second-order valence-corrected chi connectivity index (χ2v) is 6.06. The molecule has 1 N–H and O–H groups in total. The molecule has 138 valence electrons. The zero-order chi connectivity index (χ0) is 19.6. The maximum atomic E-state index is 13.3. The Hall–Kier alpha value is -3.47. The highest BCUT2D eigenvalue weighted by Crippen LogP contribution is 2.25. The van der Waals surface area contributed by atoms with Gasteiger partial charge in [-0.3, -0.25) is 4.79 Å². The van der Waals surface area contributed by atoms with Gasteiger partial charge in [-0.15, -0.1) is 0 Å². The summed E-state index contributed by atoms with van der Waals surface area (Å²) in [5.41, 5.74) is 3.83. The van der Waals surface area contributed by atoms with Gasteiger partial charge < -0.3 is 10.1 Å². The minimum Gasteiger partial charge on any atom is -0.494 e. The number of nitrogens with zero attached hydrogens (tertiary/aromatic N) is 4. The van der Waals surface area contributed by atoms with Crippen LogP contribution in [0, 0.1) is 31.0 Å². The van der Waals surface area contributed by atoms with Gasteiger partial charge in [0.05, 0.1) is 19.0 Å². The number of benzene rings is 1. The second-order valence-electron chi connectivity index (χ2n) is 6.06. The summed E-state index contributed by atoms with van der Waals surface area (Å²) in [6.07, 6.45) is 2.14. The Morgan fingerprint density at radius 3 is 2.89 bits per heavy atom. The monoisotopic (exact) mass is 367 g/mol. The fourth-order valence-corrected chi connectivity index (χ4v) is 2.97. The van der Waals surface area contributed by atoms with Crippen LogP contribution in [0.25, 0.3) is 5.65 Å². The molecule has 0 atom stereocenters. The molecule has 7 nitrogen and oxygen atoms in total. The molecule has 0 unspecified atom stereocenters. The molecule has 0 aliphatic heterocycles. The van der Waals surface area contributed by atoms with E-state index in [1.807, 2.05) is 13.8 Å². The largest absolute Gasteiger partial charge is 0.494 e. The van der Waals surface area contributed by atoms with E-state index in [0.29, 0.717) is 23.3 Å². The number of carbonyl (C=O) groups excluding carboxylic acids is 1. The fourth-order valence-electron chi connectivity index (χ4n) is 2.97. The number of ether oxygens (including phenoxy) is 1. The summed E-state index contributed by atoms with van der Waals surface area (Å²) in [5, 5.41) is 16.0. The molecule has 0 saturated carbocycles. The first kappa shape index (κ1) is 18.3. The van der Waals surface area contributed by atoms with Crippen LogP contribution in [0.5, 0.6) is 5.75 Å². The molecule has 0 spiro atoms. The first-order valence-electron chi connectivity index (χ1n) is 8.32. The SMILES string of the molecule is COc1cc(F)ccc1NC(=O)CCc1c(C)nc2c(C#N)cnn2c1C. The zero-order valence-electron chi connectivity index (χ0n) is 15.2. The van der Waals surface area contributed by atoms with E-state index < -0.39 is 5.82 Å². The molecule has 0 bridgehead atoms. The summed E-state index contributed by atoms with van der Waals surface area (Å²) in [4.78, 5) is 16.8. The Morgan fingerprint density at radius 2 is 2.19 bits per heavy atom. The van der Waals surface area contributed by atoms with E-state index in [4.69, 9.17) is 10.00 Å². The third kappa shape index (κ3) is 3.58. The van der Waals surface area contributed by atoms with Gasteiger partial charge in [0.25, 0.3) is 0 Å². The number of rotatable bonds is 5. The smallest absolute Gasteiger partial charge is 0.224 e. The minimum absolute atomic E-state index is 0.210. The molecule has 3 rings (SSSR count). The van der Waals surface area contributed by atoms with Crippen molar-refractivity contribution in [1.82, 2.24) is 14.6 Å². The molecule has 1 aromatic carbocycles. The topological polar surface area (TPSA) is 92.3 Å². The van der Waals surface area contributed by atoms with Crippen molar-refractivity contribution in [2.75, 3.05) is 12.4 Å². The third-order valence-corrected chi connectivity index (χ3v) is 4.37. The van der Waals surface area contributed by atoms with Gasteiger partial charge in [-0.2, -0.15) is 10.4 Å². The third-order valence-electron chi connectivity index (χ3n) is 4.37. The molecule has 3 aromatic rings. The van der Waals surface area contributed by atoms with Crippen molar-refractivity contribution in [2.24, 2.45) is 0 Å². The lowest BCUT2D eigenvalue weighted by molar-refractivity contribution is -0.116. The summed E-state index contributed by atoms with van der Waals surface area (Å²) in [5.74, 6) is -0.400. The maximum Gasteiger partial charge on any atom is 0.224 e. The summed E-state index contributed by atoms with van der Waals surface area (Å²) in [6, 6.07) is 6.00. The Balaban J connectivity index is 1.77. The number of nitriles is 1. The average molecular weight is 367 g/mol. The van der Waals surface area contributed by atoms with E-state index in [2.05, 4.69) is 21.5 Å². The molecule has 27 heavy (non-hydrogen) atoms. The highest BCUT2D eigenvalue weighted by atomic mass is 19.1. The number of nitrogens with one attached hydrogen (secondary N) is 1. The van der Waals surface area contributed by atoms with Gasteiger partial charge in [0.2, 0.25) is 5.91 Å². The van der Waals surface area contributed by atoms with Crippen molar-refractivity contribution in [3.05, 3.63) is 52.7 Å². The second kappa shape index (κ2) is 7.41. The number of halogens is 1. The molecule has 1 amide bonds. The van der Waals surface area contributed by atoms with Crippen LogP contribution in [0.1, 0.15) is 28.9 Å². The average Bonchev–Trinajstić information content (AvgIpc) is 3.05. The van der Waals surface area contributed by atoms with Crippen LogP contribution in [0.3, 0.4) is 0 Å². The van der Waals surface area contributed by atoms with Crippen molar-refractivity contribution in [3.8, 4) is 11.8 Å². The predicted molar refractivity (Wildman–Crippen MR) is 97.1 cm³/mol. The van der Waals surface area contributed by atoms with Crippen molar-refractivity contribution < 1.29 is 13.9 Å². The molecule has 0 fully saturated rings. The molecule has 0 aliphatic rings. The van der Waals surface area contributed by atoms with Gasteiger partial charge >= 0.3 is 0 Å². The van der Waals surface area contributed by atoms with Crippen LogP contribution >= 0.6 is 0 Å². The van der Waals surface area contributed by atoms with Crippen LogP contribution in [-0.4, -0.2) is 27.6 Å². The van der Waals surface area contributed by atoms with E-state index in [9.17, 15) is 9.18 Å². The van der Waals surface area contributed by atoms with E-state index in [1.165, 1.54) is 31.5 Å². The number of aryl methyl sites for hydroxylation is 2. The lowest BCUT2D eigenvalue weighted by Crippen LogP contribution is -2.15. The van der Waals surface area contributed by atoms with Gasteiger partial charge in [0.1, 0.15) is 23.2 Å². The Labute approximate surface area is 155 Å². The lowest BCUT2D eigenvalue weighted by atomic mass is 10.1. The Morgan fingerprint density at radius 1 is 1.41 bits per heavy atom. The van der Waals surface area contributed by atoms with Gasteiger partial charge in [-0.25, -0.2) is 13.9 Å². The molecule has 0 aliphatic carbocycles. The number of methoxy groups -OCH3 is 1. The summed E-state index contributed by atoms with van der Waals surface area (Å²) in [6.45, 7) is 3.73. The first-order chi connectivity index (χ1) is 12.9. The Kier molecular flexibility index (Phi) is 5.03. The van der Waals surface area contributed by atoms with E-state index in [-0.39, 0.29) is 18.1 Å². The summed E-state index contributed by atoms with van der Waals surface area (Å²) < 4.78 is 20.0. The number of anilines is 1. The van der Waals surface area contributed by atoms with Crippen LogP contribution in [-0.2, 0) is 11.2 Å². The highest BCUT2D eigenvalue weighted by Gasteiger charge is 2.15. The van der Waals surface area contributed by atoms with Gasteiger partial charge in [-0.05, 0) is 38.0 Å².